The van der Waals surface area contributed by atoms with Crippen LogP contribution in [0.5, 0.6) is 0 Å². The molecule has 1 aromatic rings. The van der Waals surface area contributed by atoms with E-state index in [0.29, 0.717) is 10.7 Å². The average Bonchev–Trinajstić information content (AvgIpc) is 2.48. The van der Waals surface area contributed by atoms with Gasteiger partial charge in [0, 0.05) is 27.4 Å². The van der Waals surface area contributed by atoms with Crippen molar-refractivity contribution in [2.75, 3.05) is 5.75 Å². The van der Waals surface area contributed by atoms with Crippen molar-refractivity contribution in [1.29, 1.82) is 0 Å². The number of Topliss-reactive ketones (excluding diaryl/α,β-unsaturated/α-hetero) is 1. The third kappa shape index (κ3) is 1.94. The van der Waals surface area contributed by atoms with Crippen LogP contribution in [0.3, 0.4) is 0 Å². The second kappa shape index (κ2) is 4.31. The molecular weight excluding hydrogens is 254 g/mol. The molecule has 0 amide bonds. The van der Waals surface area contributed by atoms with Crippen molar-refractivity contribution in [2.45, 2.75) is 17.7 Å². The van der Waals surface area contributed by atoms with E-state index in [-0.39, 0.29) is 5.78 Å². The number of carbonyl (C=O) groups is 1. The van der Waals surface area contributed by atoms with E-state index in [1.807, 2.05) is 12.3 Å². The number of nitrogens with zero attached hydrogens (tertiary/aromatic N) is 1. The van der Waals surface area contributed by atoms with Crippen LogP contribution < -0.4 is 0 Å². The summed E-state index contributed by atoms with van der Waals surface area (Å²) in [5.41, 5.74) is 2.53. The van der Waals surface area contributed by atoms with E-state index in [1.54, 1.807) is 23.9 Å². The van der Waals surface area contributed by atoms with E-state index in [1.165, 1.54) is 0 Å². The standard InChI is InChI=1S/C13H10ClNOS/c14-9-3-4-10-11(6-9)17-7-8-2-1-5-15-12(8)13(10)16/h3-6H,1-2,7H2. The van der Waals surface area contributed by atoms with Gasteiger partial charge in [0.25, 0.3) is 0 Å². The fraction of sp³-hybridized carbons (Fsp3) is 0.231. The quantitative estimate of drug-likeness (QED) is 0.713. The van der Waals surface area contributed by atoms with Crippen molar-refractivity contribution in [3.8, 4) is 0 Å². The van der Waals surface area contributed by atoms with Crippen LogP contribution in [-0.4, -0.2) is 17.8 Å². The molecule has 0 bridgehead atoms. The SMILES string of the molecule is O=C1C2=C(CCC=N2)CSc2cc(Cl)ccc21. The number of halogens is 1. The lowest BCUT2D eigenvalue weighted by atomic mass is 10.0. The Morgan fingerprint density at radius 2 is 2.24 bits per heavy atom. The van der Waals surface area contributed by atoms with Crippen molar-refractivity contribution in [1.82, 2.24) is 0 Å². The van der Waals surface area contributed by atoms with E-state index in [9.17, 15) is 4.79 Å². The molecule has 2 heterocycles. The van der Waals surface area contributed by atoms with Gasteiger partial charge in [0.1, 0.15) is 5.70 Å². The van der Waals surface area contributed by atoms with Crippen molar-refractivity contribution in [2.24, 2.45) is 4.99 Å². The second-order valence-corrected chi connectivity index (χ2v) is 5.51. The van der Waals surface area contributed by atoms with Crippen molar-refractivity contribution in [3.05, 3.63) is 40.1 Å². The number of fused-ring (bicyclic) bond motifs is 1. The highest BCUT2D eigenvalue weighted by molar-refractivity contribution is 7.99. The highest BCUT2D eigenvalue weighted by Crippen LogP contribution is 2.36. The molecule has 0 aromatic heterocycles. The van der Waals surface area contributed by atoms with Gasteiger partial charge in [-0.25, -0.2) is 0 Å². The predicted molar refractivity (Wildman–Crippen MR) is 71.3 cm³/mol. The highest BCUT2D eigenvalue weighted by Gasteiger charge is 2.24. The summed E-state index contributed by atoms with van der Waals surface area (Å²) < 4.78 is 0. The molecule has 0 fully saturated rings. The number of aliphatic imine (C=N–C) groups is 1. The molecule has 86 valence electrons. The van der Waals surface area contributed by atoms with E-state index in [2.05, 4.69) is 4.99 Å². The Balaban J connectivity index is 2.12. The molecule has 0 radical (unpaired) electrons. The molecule has 3 rings (SSSR count). The first-order valence-corrected chi connectivity index (χ1v) is 6.83. The van der Waals surface area contributed by atoms with Crippen LogP contribution in [-0.2, 0) is 0 Å². The Morgan fingerprint density at radius 1 is 1.35 bits per heavy atom. The zero-order chi connectivity index (χ0) is 11.8. The molecular formula is C13H10ClNOS. The fourth-order valence-corrected chi connectivity index (χ4v) is 3.43. The van der Waals surface area contributed by atoms with Crippen LogP contribution in [0.25, 0.3) is 0 Å². The highest BCUT2D eigenvalue weighted by atomic mass is 35.5. The lowest BCUT2D eigenvalue weighted by molar-refractivity contribution is 0.102. The molecule has 17 heavy (non-hydrogen) atoms. The average molecular weight is 264 g/mol. The van der Waals surface area contributed by atoms with Crippen LogP contribution in [0.1, 0.15) is 23.2 Å². The minimum atomic E-state index is 0.0348. The maximum atomic E-state index is 12.4. The van der Waals surface area contributed by atoms with Gasteiger partial charge < -0.3 is 0 Å². The summed E-state index contributed by atoms with van der Waals surface area (Å²) >= 11 is 7.64. The van der Waals surface area contributed by atoms with Gasteiger partial charge in [0.2, 0.25) is 5.78 Å². The van der Waals surface area contributed by atoms with Crippen LogP contribution in [0.4, 0.5) is 0 Å². The van der Waals surface area contributed by atoms with Crippen LogP contribution >= 0.6 is 23.4 Å². The minimum Gasteiger partial charge on any atom is -0.287 e. The largest absolute Gasteiger partial charge is 0.287 e. The fourth-order valence-electron chi connectivity index (χ4n) is 2.06. The van der Waals surface area contributed by atoms with E-state index in [0.717, 1.165) is 34.6 Å². The van der Waals surface area contributed by atoms with Gasteiger partial charge in [0.15, 0.2) is 0 Å². The molecule has 2 nitrogen and oxygen atoms in total. The first-order chi connectivity index (χ1) is 8.25. The van der Waals surface area contributed by atoms with Gasteiger partial charge in [0.05, 0.1) is 0 Å². The smallest absolute Gasteiger partial charge is 0.212 e. The van der Waals surface area contributed by atoms with Crippen LogP contribution in [0, 0.1) is 0 Å². The Bertz CT molecular complexity index is 563. The van der Waals surface area contributed by atoms with Gasteiger partial charge in [-0.2, -0.15) is 0 Å². The van der Waals surface area contributed by atoms with Crippen molar-refractivity contribution >= 4 is 35.4 Å². The molecule has 0 N–H and O–H groups in total. The normalized spacial score (nSPS) is 18.8. The molecule has 4 heteroatoms. The Labute approximate surface area is 109 Å². The third-order valence-electron chi connectivity index (χ3n) is 2.94. The number of carbonyl (C=O) groups excluding carboxylic acids is 1. The summed E-state index contributed by atoms with van der Waals surface area (Å²) in [5.74, 6) is 0.874. The molecule has 0 saturated carbocycles. The topological polar surface area (TPSA) is 29.4 Å². The minimum absolute atomic E-state index is 0.0348. The monoisotopic (exact) mass is 263 g/mol. The second-order valence-electron chi connectivity index (χ2n) is 4.06. The maximum Gasteiger partial charge on any atom is 0.212 e. The Morgan fingerprint density at radius 3 is 3.12 bits per heavy atom. The number of hydrogen-bond donors (Lipinski definition) is 0. The molecule has 2 aliphatic rings. The summed E-state index contributed by atoms with van der Waals surface area (Å²) in [6.07, 6.45) is 3.71. The van der Waals surface area contributed by atoms with Gasteiger partial charge in [-0.1, -0.05) is 11.6 Å². The number of rotatable bonds is 0. The van der Waals surface area contributed by atoms with E-state index < -0.39 is 0 Å². The Hall–Kier alpha value is -1.06. The maximum absolute atomic E-state index is 12.4. The number of allylic oxidation sites excluding steroid dienone is 1. The van der Waals surface area contributed by atoms with Gasteiger partial charge >= 0.3 is 0 Å². The molecule has 2 aliphatic heterocycles. The molecule has 0 saturated heterocycles. The molecule has 0 atom stereocenters. The Kier molecular flexibility index (Phi) is 2.81. The van der Waals surface area contributed by atoms with E-state index >= 15 is 0 Å². The molecule has 0 unspecified atom stereocenters. The number of hydrogen-bond acceptors (Lipinski definition) is 3. The molecule has 0 aliphatic carbocycles. The van der Waals surface area contributed by atoms with E-state index in [4.69, 9.17) is 11.6 Å². The lowest BCUT2D eigenvalue weighted by Gasteiger charge is -2.10. The van der Waals surface area contributed by atoms with Crippen molar-refractivity contribution in [3.63, 3.8) is 0 Å². The zero-order valence-corrected chi connectivity index (χ0v) is 10.6. The summed E-state index contributed by atoms with van der Waals surface area (Å²) in [4.78, 5) is 17.6. The van der Waals surface area contributed by atoms with Crippen LogP contribution in [0.2, 0.25) is 5.02 Å². The van der Waals surface area contributed by atoms with Gasteiger partial charge in [-0.3, -0.25) is 9.79 Å². The third-order valence-corrected chi connectivity index (χ3v) is 4.31. The lowest BCUT2D eigenvalue weighted by Crippen LogP contribution is -2.08. The summed E-state index contributed by atoms with van der Waals surface area (Å²) in [6, 6.07) is 5.42. The molecule has 1 aromatic carbocycles. The number of ketones is 1. The predicted octanol–water partition coefficient (Wildman–Crippen LogP) is 3.75. The first-order valence-electron chi connectivity index (χ1n) is 5.47. The first kappa shape index (κ1) is 11.1. The van der Waals surface area contributed by atoms with Gasteiger partial charge in [-0.05, 0) is 36.6 Å². The summed E-state index contributed by atoms with van der Waals surface area (Å²) in [7, 11) is 0. The molecule has 0 spiro atoms. The zero-order valence-electron chi connectivity index (χ0n) is 9.07. The van der Waals surface area contributed by atoms with Gasteiger partial charge in [-0.15, -0.1) is 11.8 Å². The number of thioether (sulfide) groups is 1. The van der Waals surface area contributed by atoms with Crippen molar-refractivity contribution < 1.29 is 4.79 Å². The van der Waals surface area contributed by atoms with Crippen LogP contribution in [0.15, 0.2) is 39.4 Å². The number of benzene rings is 1. The summed E-state index contributed by atoms with van der Waals surface area (Å²) in [6.45, 7) is 0. The summed E-state index contributed by atoms with van der Waals surface area (Å²) in [5, 5.41) is 0.674.